The van der Waals surface area contributed by atoms with Gasteiger partial charge < -0.3 is 10.5 Å². The molecule has 2 aromatic rings. The third-order valence-corrected chi connectivity index (χ3v) is 3.82. The lowest BCUT2D eigenvalue weighted by atomic mass is 10.1. The quantitative estimate of drug-likeness (QED) is 0.829. The number of pyridine rings is 1. The monoisotopic (exact) mass is 248 g/mol. The molecule has 0 unspecified atom stereocenters. The van der Waals surface area contributed by atoms with E-state index in [1.54, 1.807) is 12.4 Å². The summed E-state index contributed by atoms with van der Waals surface area (Å²) in [5.74, 6) is -0.397. The zero-order valence-corrected chi connectivity index (χ0v) is 10.4. The summed E-state index contributed by atoms with van der Waals surface area (Å²) in [5.41, 5.74) is 8.24. The first kappa shape index (κ1) is 11.6. The fourth-order valence-electron chi connectivity index (χ4n) is 1.54. The molecule has 0 aromatic carbocycles. The molecule has 0 fully saturated rings. The molecule has 0 saturated carbocycles. The summed E-state index contributed by atoms with van der Waals surface area (Å²) in [5, 5.41) is 0. The molecule has 5 heteroatoms. The van der Waals surface area contributed by atoms with Gasteiger partial charge in [-0.1, -0.05) is 6.07 Å². The lowest BCUT2D eigenvalue weighted by molar-refractivity contribution is 0.0607. The fourth-order valence-corrected chi connectivity index (χ4v) is 2.68. The first-order valence-electron chi connectivity index (χ1n) is 5.02. The number of nitrogen functional groups attached to an aromatic ring is 1. The molecule has 2 rings (SSSR count). The second-order valence-electron chi connectivity index (χ2n) is 3.53. The highest BCUT2D eigenvalue weighted by atomic mass is 32.1. The third-order valence-electron chi connectivity index (χ3n) is 2.49. The van der Waals surface area contributed by atoms with Gasteiger partial charge in [0.15, 0.2) is 0 Å². The molecule has 0 bridgehead atoms. The smallest absolute Gasteiger partial charge is 0.350 e. The summed E-state index contributed by atoms with van der Waals surface area (Å²) in [6.07, 6.45) is 3.45. The van der Waals surface area contributed by atoms with E-state index in [9.17, 15) is 4.79 Å². The Kier molecular flexibility index (Phi) is 3.10. The number of rotatable bonds is 2. The molecular formula is C12H12N2O2S. The van der Waals surface area contributed by atoms with Crippen LogP contribution < -0.4 is 5.73 Å². The van der Waals surface area contributed by atoms with Crippen LogP contribution in [0.2, 0.25) is 0 Å². The van der Waals surface area contributed by atoms with Crippen LogP contribution in [0.4, 0.5) is 5.69 Å². The molecule has 0 radical (unpaired) electrons. The number of ether oxygens (including phenoxy) is 1. The van der Waals surface area contributed by atoms with Crippen LogP contribution in [-0.4, -0.2) is 18.1 Å². The van der Waals surface area contributed by atoms with Gasteiger partial charge in [-0.2, -0.15) is 0 Å². The van der Waals surface area contributed by atoms with Gasteiger partial charge in [0.05, 0.1) is 12.8 Å². The number of aromatic nitrogens is 1. The van der Waals surface area contributed by atoms with Crippen LogP contribution in [0.3, 0.4) is 0 Å². The molecule has 88 valence electrons. The molecule has 17 heavy (non-hydrogen) atoms. The van der Waals surface area contributed by atoms with Crippen LogP contribution >= 0.6 is 11.3 Å². The van der Waals surface area contributed by atoms with Gasteiger partial charge >= 0.3 is 5.97 Å². The van der Waals surface area contributed by atoms with Gasteiger partial charge in [0.25, 0.3) is 0 Å². The van der Waals surface area contributed by atoms with Gasteiger partial charge in [0, 0.05) is 22.8 Å². The number of nitrogens with zero attached hydrogens (tertiary/aromatic N) is 1. The summed E-state index contributed by atoms with van der Waals surface area (Å²) in [7, 11) is 1.35. The van der Waals surface area contributed by atoms with Gasteiger partial charge in [0.1, 0.15) is 4.88 Å². The number of carbonyl (C=O) groups is 1. The van der Waals surface area contributed by atoms with E-state index in [2.05, 4.69) is 4.98 Å². The summed E-state index contributed by atoms with van der Waals surface area (Å²) in [6, 6.07) is 3.79. The van der Waals surface area contributed by atoms with Crippen molar-refractivity contribution in [2.24, 2.45) is 0 Å². The van der Waals surface area contributed by atoms with Crippen LogP contribution in [0.25, 0.3) is 10.4 Å². The first-order chi connectivity index (χ1) is 8.15. The Hall–Kier alpha value is -1.88. The predicted octanol–water partition coefficient (Wildman–Crippen LogP) is 2.49. The third kappa shape index (κ3) is 2.01. The maximum Gasteiger partial charge on any atom is 0.350 e. The zero-order chi connectivity index (χ0) is 12.4. The van der Waals surface area contributed by atoms with Crippen LogP contribution in [0.1, 0.15) is 15.2 Å². The highest BCUT2D eigenvalue weighted by Crippen LogP contribution is 2.37. The molecule has 0 aliphatic rings. The Bertz CT molecular complexity index is 549. The number of carbonyl (C=O) groups excluding carboxylic acids is 1. The number of thiophene rings is 1. The van der Waals surface area contributed by atoms with Gasteiger partial charge in [-0.3, -0.25) is 4.98 Å². The summed E-state index contributed by atoms with van der Waals surface area (Å²) >= 11 is 1.33. The summed E-state index contributed by atoms with van der Waals surface area (Å²) in [4.78, 5) is 17.0. The molecule has 0 saturated heterocycles. The lowest BCUT2D eigenvalue weighted by Gasteiger charge is -1.98. The second kappa shape index (κ2) is 4.55. The van der Waals surface area contributed by atoms with Gasteiger partial charge in [0.2, 0.25) is 0 Å². The van der Waals surface area contributed by atoms with E-state index >= 15 is 0 Å². The molecule has 2 aromatic heterocycles. The number of methoxy groups -OCH3 is 1. The van der Waals surface area contributed by atoms with Gasteiger partial charge in [-0.15, -0.1) is 11.3 Å². The maximum atomic E-state index is 11.5. The number of nitrogens with two attached hydrogens (primary N) is 1. The van der Waals surface area contributed by atoms with Crippen molar-refractivity contribution in [3.8, 4) is 10.4 Å². The van der Waals surface area contributed by atoms with Crippen molar-refractivity contribution in [1.82, 2.24) is 4.98 Å². The molecule has 0 aliphatic carbocycles. The molecule has 0 amide bonds. The largest absolute Gasteiger partial charge is 0.465 e. The van der Waals surface area contributed by atoms with Crippen molar-refractivity contribution in [3.05, 3.63) is 35.0 Å². The highest BCUT2D eigenvalue weighted by Gasteiger charge is 2.19. The van der Waals surface area contributed by atoms with E-state index in [0.717, 1.165) is 16.0 Å². The Morgan fingerprint density at radius 1 is 1.53 bits per heavy atom. The second-order valence-corrected chi connectivity index (χ2v) is 4.55. The molecule has 0 atom stereocenters. The molecule has 2 heterocycles. The Balaban J connectivity index is 2.54. The van der Waals surface area contributed by atoms with Crippen molar-refractivity contribution in [1.29, 1.82) is 0 Å². The van der Waals surface area contributed by atoms with E-state index in [0.29, 0.717) is 10.6 Å². The zero-order valence-electron chi connectivity index (χ0n) is 9.56. The van der Waals surface area contributed by atoms with Crippen molar-refractivity contribution in [2.45, 2.75) is 6.92 Å². The molecule has 0 spiro atoms. The lowest BCUT2D eigenvalue weighted by Crippen LogP contribution is -2.01. The minimum atomic E-state index is -0.397. The Labute approximate surface area is 103 Å². The molecule has 0 aliphatic heterocycles. The number of anilines is 1. The van der Waals surface area contributed by atoms with E-state index in [-0.39, 0.29) is 0 Å². The average Bonchev–Trinajstić information content (AvgIpc) is 2.67. The standard InChI is InChI=1S/C12H12N2O2S/c1-7-9(13)11(12(15)16-2)17-10(7)8-4-3-5-14-6-8/h3-6H,13H2,1-2H3. The van der Waals surface area contributed by atoms with Crippen molar-refractivity contribution >= 4 is 23.0 Å². The van der Waals surface area contributed by atoms with Crippen LogP contribution in [0, 0.1) is 6.92 Å². The van der Waals surface area contributed by atoms with Crippen molar-refractivity contribution < 1.29 is 9.53 Å². The minimum absolute atomic E-state index is 0.397. The summed E-state index contributed by atoms with van der Waals surface area (Å²) < 4.78 is 4.70. The summed E-state index contributed by atoms with van der Waals surface area (Å²) in [6.45, 7) is 1.89. The predicted molar refractivity (Wildman–Crippen MR) is 68.0 cm³/mol. The van der Waals surface area contributed by atoms with Crippen LogP contribution in [-0.2, 0) is 4.74 Å². The van der Waals surface area contributed by atoms with Gasteiger partial charge in [-0.05, 0) is 18.6 Å². The van der Waals surface area contributed by atoms with Crippen molar-refractivity contribution in [3.63, 3.8) is 0 Å². The van der Waals surface area contributed by atoms with Gasteiger partial charge in [-0.25, -0.2) is 4.79 Å². The number of hydrogen-bond donors (Lipinski definition) is 1. The highest BCUT2D eigenvalue weighted by molar-refractivity contribution is 7.18. The fraction of sp³-hybridized carbons (Fsp3) is 0.167. The maximum absolute atomic E-state index is 11.5. The van der Waals surface area contributed by atoms with E-state index in [4.69, 9.17) is 10.5 Å². The van der Waals surface area contributed by atoms with Crippen molar-refractivity contribution in [2.75, 3.05) is 12.8 Å². The topological polar surface area (TPSA) is 65.2 Å². The van der Waals surface area contributed by atoms with Crippen LogP contribution in [0.5, 0.6) is 0 Å². The molecule has 4 nitrogen and oxygen atoms in total. The Morgan fingerprint density at radius 2 is 2.29 bits per heavy atom. The SMILES string of the molecule is COC(=O)c1sc(-c2cccnc2)c(C)c1N. The average molecular weight is 248 g/mol. The van der Waals surface area contributed by atoms with Crippen LogP contribution in [0.15, 0.2) is 24.5 Å². The first-order valence-corrected chi connectivity index (χ1v) is 5.84. The van der Waals surface area contributed by atoms with E-state index in [1.165, 1.54) is 18.4 Å². The Morgan fingerprint density at radius 3 is 2.88 bits per heavy atom. The minimum Gasteiger partial charge on any atom is -0.465 e. The van der Waals surface area contributed by atoms with E-state index < -0.39 is 5.97 Å². The normalized spacial score (nSPS) is 10.2. The molecular weight excluding hydrogens is 236 g/mol. The number of esters is 1. The van der Waals surface area contributed by atoms with E-state index in [1.807, 2.05) is 19.1 Å². The molecule has 2 N–H and O–H groups in total. The number of hydrogen-bond acceptors (Lipinski definition) is 5.